The summed E-state index contributed by atoms with van der Waals surface area (Å²) >= 11 is 62.0. The van der Waals surface area contributed by atoms with Crippen LogP contribution in [-0.4, -0.2) is 30.0 Å². The Bertz CT molecular complexity index is 835. The summed E-state index contributed by atoms with van der Waals surface area (Å²) < 4.78 is 5.32. The maximum absolute atomic E-state index is 11.7. The fourth-order valence-corrected chi connectivity index (χ4v) is 5.39. The van der Waals surface area contributed by atoms with Crippen molar-refractivity contribution < 1.29 is 14.9 Å². The van der Waals surface area contributed by atoms with E-state index in [9.17, 15) is 5.11 Å². The highest BCUT2D eigenvalue weighted by Crippen LogP contribution is 2.54. The molecule has 0 radical (unpaired) electrons. The van der Waals surface area contributed by atoms with Gasteiger partial charge in [-0.05, 0) is 0 Å². The van der Waals surface area contributed by atoms with E-state index in [-0.39, 0.29) is 74.6 Å². The zero-order valence-electron chi connectivity index (χ0n) is 13.7. The van der Waals surface area contributed by atoms with E-state index in [4.69, 9.17) is 126 Å². The van der Waals surface area contributed by atoms with E-state index >= 15 is 0 Å². The minimum Gasteiger partial charge on any atom is -0.394 e. The highest BCUT2D eigenvalue weighted by molar-refractivity contribution is 6.56. The van der Waals surface area contributed by atoms with Crippen LogP contribution < -0.4 is 0 Å². The van der Waals surface area contributed by atoms with Gasteiger partial charge in [0.1, 0.15) is 5.60 Å². The van der Waals surface area contributed by atoms with Crippen LogP contribution in [0.3, 0.4) is 0 Å². The highest BCUT2D eigenvalue weighted by atomic mass is 35.5. The van der Waals surface area contributed by atoms with Gasteiger partial charge < -0.3 is 14.9 Å². The topological polar surface area (TPSA) is 49.7 Å². The first kappa shape index (κ1) is 26.5. The molecular formula is C16H8Cl10O3. The van der Waals surface area contributed by atoms with Crippen LogP contribution in [0.2, 0.25) is 50.2 Å². The van der Waals surface area contributed by atoms with Crippen molar-refractivity contribution in [3.63, 3.8) is 0 Å². The molecule has 0 bridgehead atoms. The minimum atomic E-state index is -2.27. The van der Waals surface area contributed by atoms with Gasteiger partial charge in [0.2, 0.25) is 0 Å². The fraction of sp³-hybridized carbons (Fsp3) is 0.250. The fourth-order valence-electron chi connectivity index (χ4n) is 2.49. The van der Waals surface area contributed by atoms with Gasteiger partial charge in [-0.2, -0.15) is 0 Å². The Morgan fingerprint density at radius 3 is 1.10 bits per heavy atom. The van der Waals surface area contributed by atoms with Crippen molar-refractivity contribution >= 4 is 116 Å². The van der Waals surface area contributed by atoms with Crippen LogP contribution >= 0.6 is 116 Å². The van der Waals surface area contributed by atoms with Crippen molar-refractivity contribution in [2.75, 3.05) is 19.8 Å². The summed E-state index contributed by atoms with van der Waals surface area (Å²) in [5, 5.41) is 18.8. The van der Waals surface area contributed by atoms with E-state index in [0.717, 1.165) is 0 Å². The first-order valence-electron chi connectivity index (χ1n) is 7.36. The lowest BCUT2D eigenvalue weighted by atomic mass is 9.86. The van der Waals surface area contributed by atoms with Crippen molar-refractivity contribution in [1.82, 2.24) is 0 Å². The van der Waals surface area contributed by atoms with Gasteiger partial charge >= 0.3 is 0 Å². The molecule has 160 valence electrons. The molecule has 0 fully saturated rings. The Balaban J connectivity index is 2.97. The van der Waals surface area contributed by atoms with Crippen LogP contribution in [0.15, 0.2) is 0 Å². The first-order chi connectivity index (χ1) is 13.4. The molecule has 0 saturated carbocycles. The highest BCUT2D eigenvalue weighted by Gasteiger charge is 2.43. The Labute approximate surface area is 216 Å². The molecule has 0 aliphatic carbocycles. The zero-order chi connectivity index (χ0) is 22.3. The Hall–Kier alpha value is 1.22. The molecule has 0 heterocycles. The molecular weight excluding hydrogens is 595 g/mol. The number of aliphatic hydroxyl groups is 2. The lowest BCUT2D eigenvalue weighted by Crippen LogP contribution is -2.35. The predicted molar refractivity (Wildman–Crippen MR) is 124 cm³/mol. The molecule has 2 aromatic rings. The molecule has 0 atom stereocenters. The van der Waals surface area contributed by atoms with Gasteiger partial charge in [0.15, 0.2) is 0 Å². The van der Waals surface area contributed by atoms with E-state index in [1.165, 1.54) is 0 Å². The van der Waals surface area contributed by atoms with Gasteiger partial charge in [-0.25, -0.2) is 0 Å². The van der Waals surface area contributed by atoms with Crippen LogP contribution in [0.4, 0.5) is 0 Å². The number of halogens is 10. The number of ether oxygens (including phenoxy) is 1. The van der Waals surface area contributed by atoms with Gasteiger partial charge in [-0.15, -0.1) is 0 Å². The van der Waals surface area contributed by atoms with E-state index in [0.29, 0.717) is 0 Å². The molecule has 2 rings (SSSR count). The molecule has 3 nitrogen and oxygen atoms in total. The molecule has 0 aliphatic heterocycles. The Morgan fingerprint density at radius 1 is 0.552 bits per heavy atom. The second-order valence-corrected chi connectivity index (χ2v) is 9.31. The quantitative estimate of drug-likeness (QED) is 0.198. The SMILES string of the molecule is OCCOCC(O)(c1c(Cl)c(Cl)c(Cl)c(Cl)c1Cl)c1c(Cl)c(Cl)c(Cl)c(Cl)c1Cl. The van der Waals surface area contributed by atoms with Crippen molar-refractivity contribution in [2.45, 2.75) is 5.60 Å². The van der Waals surface area contributed by atoms with Gasteiger partial charge in [-0.3, -0.25) is 0 Å². The molecule has 0 aliphatic rings. The van der Waals surface area contributed by atoms with Crippen molar-refractivity contribution in [3.05, 3.63) is 61.4 Å². The second-order valence-electron chi connectivity index (χ2n) is 5.53. The number of aliphatic hydroxyl groups excluding tert-OH is 1. The smallest absolute Gasteiger partial charge is 0.144 e. The molecule has 2 N–H and O–H groups in total. The Morgan fingerprint density at radius 2 is 0.828 bits per heavy atom. The summed E-state index contributed by atoms with van der Waals surface area (Å²) in [6.07, 6.45) is 0. The van der Waals surface area contributed by atoms with Crippen molar-refractivity contribution in [2.24, 2.45) is 0 Å². The molecule has 0 saturated heterocycles. The summed E-state index contributed by atoms with van der Waals surface area (Å²) in [5.41, 5.74) is -2.69. The normalized spacial score (nSPS) is 12.0. The predicted octanol–water partition coefficient (Wildman–Crippen LogP) is 8.47. The summed E-state index contributed by atoms with van der Waals surface area (Å²) in [5.74, 6) is 0. The number of hydrogen-bond acceptors (Lipinski definition) is 3. The largest absolute Gasteiger partial charge is 0.394 e. The van der Waals surface area contributed by atoms with Crippen molar-refractivity contribution in [1.29, 1.82) is 0 Å². The number of hydrogen-bond donors (Lipinski definition) is 2. The zero-order valence-corrected chi connectivity index (χ0v) is 21.3. The van der Waals surface area contributed by atoms with E-state index in [2.05, 4.69) is 0 Å². The van der Waals surface area contributed by atoms with Crippen LogP contribution in [0.1, 0.15) is 11.1 Å². The monoisotopic (exact) mass is 598 g/mol. The third kappa shape index (κ3) is 4.79. The third-order valence-electron chi connectivity index (χ3n) is 3.79. The summed E-state index contributed by atoms with van der Waals surface area (Å²) in [4.78, 5) is 0. The molecule has 29 heavy (non-hydrogen) atoms. The molecule has 0 spiro atoms. The maximum atomic E-state index is 11.7. The maximum Gasteiger partial charge on any atom is 0.144 e. The lowest BCUT2D eigenvalue weighted by Gasteiger charge is -2.33. The summed E-state index contributed by atoms with van der Waals surface area (Å²) in [7, 11) is 0. The Kier molecular flexibility index (Phi) is 9.53. The van der Waals surface area contributed by atoms with E-state index < -0.39 is 12.2 Å². The molecule has 0 aromatic heterocycles. The lowest BCUT2D eigenvalue weighted by molar-refractivity contribution is -0.0301. The minimum absolute atomic E-state index is 0.130. The van der Waals surface area contributed by atoms with Gasteiger partial charge in [0, 0.05) is 11.1 Å². The standard InChI is InChI=1S/C16H8Cl10O3/c17-6-4(7(18)11(22)14(25)10(6)21)16(28,3-29-2-1-27)5-8(19)12(23)15(26)13(24)9(5)20/h27-28H,1-3H2. The van der Waals surface area contributed by atoms with E-state index in [1.807, 2.05) is 0 Å². The average molecular weight is 603 g/mol. The first-order valence-corrected chi connectivity index (χ1v) is 11.1. The van der Waals surface area contributed by atoms with Gasteiger partial charge in [-0.1, -0.05) is 116 Å². The average Bonchev–Trinajstić information content (AvgIpc) is 2.68. The third-order valence-corrected chi connectivity index (χ3v) is 8.35. The van der Waals surface area contributed by atoms with Gasteiger partial charge in [0.05, 0.1) is 70.0 Å². The molecule has 0 unspecified atom stereocenters. The van der Waals surface area contributed by atoms with Crippen LogP contribution in [0.5, 0.6) is 0 Å². The number of benzene rings is 2. The molecule has 13 heteroatoms. The van der Waals surface area contributed by atoms with Crippen LogP contribution in [0.25, 0.3) is 0 Å². The van der Waals surface area contributed by atoms with Gasteiger partial charge in [0.25, 0.3) is 0 Å². The summed E-state index contributed by atoms with van der Waals surface area (Å²) in [6, 6.07) is 0. The molecule has 0 amide bonds. The van der Waals surface area contributed by atoms with Crippen LogP contribution in [-0.2, 0) is 10.3 Å². The van der Waals surface area contributed by atoms with E-state index in [1.54, 1.807) is 0 Å². The van der Waals surface area contributed by atoms with Crippen molar-refractivity contribution in [3.8, 4) is 0 Å². The number of rotatable bonds is 6. The molecule has 2 aromatic carbocycles. The summed E-state index contributed by atoms with van der Waals surface area (Å²) in [6.45, 7) is -1.05. The van der Waals surface area contributed by atoms with Crippen LogP contribution in [0, 0.1) is 0 Å². The second kappa shape index (κ2) is 10.4.